The first-order valence-corrected chi connectivity index (χ1v) is 10.9. The number of carboxylic acids is 1. The molecule has 2 atom stereocenters. The van der Waals surface area contributed by atoms with Crippen molar-refractivity contribution in [3.8, 4) is 5.69 Å². The number of rotatable bonds is 5. The minimum atomic E-state index is -0.939. The molecular weight excluding hydrogens is 407 g/mol. The van der Waals surface area contributed by atoms with Gasteiger partial charge in [0.1, 0.15) is 5.82 Å². The van der Waals surface area contributed by atoms with Gasteiger partial charge in [-0.05, 0) is 81.0 Å². The number of carboxylic acid groups (broad SMARTS) is 1. The van der Waals surface area contributed by atoms with Crippen molar-refractivity contribution >= 4 is 12.0 Å². The van der Waals surface area contributed by atoms with Gasteiger partial charge in [-0.2, -0.15) is 5.10 Å². The molecule has 2 aromatic carbocycles. The van der Waals surface area contributed by atoms with Crippen LogP contribution in [0.15, 0.2) is 54.1 Å². The van der Waals surface area contributed by atoms with E-state index in [9.17, 15) is 19.4 Å². The molecule has 1 saturated carbocycles. The number of nitrogens with zero attached hydrogens (tertiary/aromatic N) is 2. The molecule has 6 heteroatoms. The molecule has 0 aliphatic heterocycles. The molecule has 1 heterocycles. The van der Waals surface area contributed by atoms with Gasteiger partial charge in [0.2, 0.25) is 0 Å². The maximum Gasteiger partial charge on any atom is 0.335 e. The lowest BCUT2D eigenvalue weighted by Gasteiger charge is -2.33. The molecule has 3 aromatic rings. The molecule has 1 aromatic heterocycles. The molecule has 164 valence electrons. The molecule has 2 unspecified atom stereocenters. The van der Waals surface area contributed by atoms with Crippen molar-refractivity contribution in [1.82, 2.24) is 9.78 Å². The quantitative estimate of drug-likeness (QED) is 0.611. The summed E-state index contributed by atoms with van der Waals surface area (Å²) in [5.74, 6) is -1.22. The summed E-state index contributed by atoms with van der Waals surface area (Å²) in [6.07, 6.45) is 5.32. The zero-order valence-electron chi connectivity index (χ0n) is 17.9. The first kappa shape index (κ1) is 20.6. The fourth-order valence-corrected chi connectivity index (χ4v) is 5.28. The highest BCUT2D eigenvalue weighted by atomic mass is 19.1. The Bertz CT molecular complexity index is 1230. The number of carbonyl (C=O) groups is 1. The first-order valence-electron chi connectivity index (χ1n) is 10.9. The highest BCUT2D eigenvalue weighted by Crippen LogP contribution is 2.48. The van der Waals surface area contributed by atoms with Crippen LogP contribution in [0.25, 0.3) is 11.8 Å². The summed E-state index contributed by atoms with van der Waals surface area (Å²) < 4.78 is 15.2. The number of fused-ring (bicyclic) bond motifs is 2. The fourth-order valence-electron chi connectivity index (χ4n) is 5.28. The number of aromatic nitrogens is 2. The van der Waals surface area contributed by atoms with Crippen LogP contribution >= 0.6 is 0 Å². The third kappa shape index (κ3) is 3.45. The molecule has 5 nitrogen and oxygen atoms in total. The van der Waals surface area contributed by atoms with Crippen LogP contribution in [0, 0.1) is 18.7 Å². The monoisotopic (exact) mass is 432 g/mol. The molecule has 2 aliphatic rings. The van der Waals surface area contributed by atoms with E-state index >= 15 is 0 Å². The van der Waals surface area contributed by atoms with E-state index in [0.29, 0.717) is 31.2 Å². The lowest BCUT2D eigenvalue weighted by Crippen LogP contribution is -2.36. The fraction of sp³-hybridized carbons (Fsp3) is 0.308. The molecule has 2 aliphatic carbocycles. The normalized spacial score (nSPS) is 21.7. The second-order valence-corrected chi connectivity index (χ2v) is 8.88. The van der Waals surface area contributed by atoms with Crippen LogP contribution in [0.1, 0.15) is 52.1 Å². The molecule has 0 amide bonds. The van der Waals surface area contributed by atoms with E-state index in [1.807, 2.05) is 23.7 Å². The smallest absolute Gasteiger partial charge is 0.335 e. The van der Waals surface area contributed by atoms with Crippen LogP contribution < -0.4 is 0 Å². The summed E-state index contributed by atoms with van der Waals surface area (Å²) in [7, 11) is 0. The van der Waals surface area contributed by atoms with E-state index in [4.69, 9.17) is 5.10 Å². The lowest BCUT2D eigenvalue weighted by molar-refractivity contribution is 0.00144. The number of hydrogen-bond acceptors (Lipinski definition) is 3. The van der Waals surface area contributed by atoms with Gasteiger partial charge in [0.05, 0.1) is 28.2 Å². The average Bonchev–Trinajstić information content (AvgIpc) is 3.29. The predicted octanol–water partition coefficient (Wildman–Crippen LogP) is 4.73. The van der Waals surface area contributed by atoms with E-state index in [2.05, 4.69) is 6.08 Å². The number of aromatic carboxylic acids is 1. The molecule has 0 radical (unpaired) electrons. The first-order chi connectivity index (χ1) is 15.4. The highest BCUT2D eigenvalue weighted by Gasteiger charge is 2.46. The Labute approximate surface area is 185 Å². The van der Waals surface area contributed by atoms with E-state index in [-0.39, 0.29) is 11.7 Å². The van der Waals surface area contributed by atoms with Gasteiger partial charge in [0, 0.05) is 11.5 Å². The summed E-state index contributed by atoms with van der Waals surface area (Å²) in [6.45, 7) is 1.97. The number of hydrogen-bond donors (Lipinski definition) is 2. The Kier molecular flexibility index (Phi) is 4.97. The zero-order chi connectivity index (χ0) is 22.5. The van der Waals surface area contributed by atoms with Crippen LogP contribution in [0.4, 0.5) is 4.39 Å². The van der Waals surface area contributed by atoms with Gasteiger partial charge < -0.3 is 10.2 Å². The molecule has 1 fully saturated rings. The number of aliphatic hydroxyl groups is 1. The summed E-state index contributed by atoms with van der Waals surface area (Å²) in [5, 5.41) is 25.7. The lowest BCUT2D eigenvalue weighted by atomic mass is 9.77. The van der Waals surface area contributed by atoms with Gasteiger partial charge in [-0.3, -0.25) is 0 Å². The molecule has 5 rings (SSSR count). The Morgan fingerprint density at radius 1 is 1.22 bits per heavy atom. The third-order valence-corrected chi connectivity index (χ3v) is 7.04. The SMILES string of the molecule is Cc1nn(-c2ccc(F)cc2)c2c1CC1C(=C2)CCC1(O)CCc1ccccc1C(=O)O. The van der Waals surface area contributed by atoms with Gasteiger partial charge in [-0.25, -0.2) is 13.9 Å². The van der Waals surface area contributed by atoms with E-state index < -0.39 is 11.6 Å². The molecule has 32 heavy (non-hydrogen) atoms. The molecular formula is C26H25FN2O3. The van der Waals surface area contributed by atoms with Crippen LogP contribution in [-0.2, 0) is 12.8 Å². The maximum atomic E-state index is 13.4. The van der Waals surface area contributed by atoms with Crippen LogP contribution in [-0.4, -0.2) is 31.6 Å². The summed E-state index contributed by atoms with van der Waals surface area (Å²) in [6, 6.07) is 13.3. The van der Waals surface area contributed by atoms with E-state index in [1.54, 1.807) is 24.3 Å². The molecule has 0 bridgehead atoms. The van der Waals surface area contributed by atoms with E-state index in [0.717, 1.165) is 34.6 Å². The number of halogens is 1. The molecule has 0 spiro atoms. The standard InChI is InChI=1S/C26H25FN2O3/c1-16-22-15-23-18(14-24(22)29(28-16)20-8-6-19(27)7-9-20)11-13-26(23,32)12-10-17-4-2-3-5-21(17)25(30)31/h2-9,14,23,32H,10-13,15H2,1H3,(H,30,31). The Morgan fingerprint density at radius 2 is 1.97 bits per heavy atom. The highest BCUT2D eigenvalue weighted by molar-refractivity contribution is 5.89. The minimum Gasteiger partial charge on any atom is -0.478 e. The molecule has 2 N–H and O–H groups in total. The molecule has 0 saturated heterocycles. The number of aryl methyl sites for hydroxylation is 2. The largest absolute Gasteiger partial charge is 0.478 e. The van der Waals surface area contributed by atoms with Gasteiger partial charge in [-0.15, -0.1) is 0 Å². The van der Waals surface area contributed by atoms with Crippen molar-refractivity contribution in [2.24, 2.45) is 5.92 Å². The van der Waals surface area contributed by atoms with Gasteiger partial charge in [0.25, 0.3) is 0 Å². The van der Waals surface area contributed by atoms with Gasteiger partial charge >= 0.3 is 5.97 Å². The van der Waals surface area contributed by atoms with Crippen molar-refractivity contribution < 1.29 is 19.4 Å². The van der Waals surface area contributed by atoms with Crippen molar-refractivity contribution in [3.05, 3.63) is 88.0 Å². The van der Waals surface area contributed by atoms with Crippen molar-refractivity contribution in [1.29, 1.82) is 0 Å². The summed E-state index contributed by atoms with van der Waals surface area (Å²) in [4.78, 5) is 11.5. The van der Waals surface area contributed by atoms with Crippen LogP contribution in [0.5, 0.6) is 0 Å². The van der Waals surface area contributed by atoms with Crippen LogP contribution in [0.2, 0.25) is 0 Å². The van der Waals surface area contributed by atoms with Crippen molar-refractivity contribution in [2.75, 3.05) is 0 Å². The Hall–Kier alpha value is -3.25. The van der Waals surface area contributed by atoms with Gasteiger partial charge in [0.15, 0.2) is 0 Å². The number of benzene rings is 2. The predicted molar refractivity (Wildman–Crippen MR) is 119 cm³/mol. The second-order valence-electron chi connectivity index (χ2n) is 8.88. The maximum absolute atomic E-state index is 13.4. The summed E-state index contributed by atoms with van der Waals surface area (Å²) in [5.41, 5.74) is 5.20. The van der Waals surface area contributed by atoms with Crippen molar-refractivity contribution in [2.45, 2.75) is 44.6 Å². The Balaban J connectivity index is 1.42. The average molecular weight is 432 g/mol. The second kappa shape index (κ2) is 7.71. The van der Waals surface area contributed by atoms with E-state index in [1.165, 1.54) is 17.7 Å². The van der Waals surface area contributed by atoms with Crippen LogP contribution in [0.3, 0.4) is 0 Å². The topological polar surface area (TPSA) is 75.3 Å². The Morgan fingerprint density at radius 3 is 2.72 bits per heavy atom. The van der Waals surface area contributed by atoms with Crippen molar-refractivity contribution in [3.63, 3.8) is 0 Å². The third-order valence-electron chi connectivity index (χ3n) is 7.04. The zero-order valence-corrected chi connectivity index (χ0v) is 17.9. The summed E-state index contributed by atoms with van der Waals surface area (Å²) >= 11 is 0. The van der Waals surface area contributed by atoms with Gasteiger partial charge in [-0.1, -0.05) is 23.8 Å². The minimum absolute atomic E-state index is 0.00319.